The second-order valence-electron chi connectivity index (χ2n) is 8.63. The second-order valence-corrected chi connectivity index (χ2v) is 9.65. The zero-order valence-electron chi connectivity index (χ0n) is 20.3. The number of nitrogens with zero attached hydrogens (tertiary/aromatic N) is 2. The summed E-state index contributed by atoms with van der Waals surface area (Å²) in [6.07, 6.45) is 3.00. The third-order valence-corrected chi connectivity index (χ3v) is 7.38. The fourth-order valence-corrected chi connectivity index (χ4v) is 5.55. The molecule has 0 fully saturated rings. The normalized spacial score (nSPS) is 12.5. The van der Waals surface area contributed by atoms with Crippen LogP contribution in [-0.4, -0.2) is 41.8 Å². The molecule has 0 spiro atoms. The number of amides is 2. The molecule has 0 radical (unpaired) electrons. The molecule has 184 valence electrons. The van der Waals surface area contributed by atoms with Crippen LogP contribution in [-0.2, 0) is 17.8 Å². The summed E-state index contributed by atoms with van der Waals surface area (Å²) in [5.41, 5.74) is 3.97. The molecule has 1 N–H and O–H groups in total. The first-order chi connectivity index (χ1) is 17.6. The zero-order valence-corrected chi connectivity index (χ0v) is 21.1. The molecule has 0 atom stereocenters. The first kappa shape index (κ1) is 24.0. The highest BCUT2D eigenvalue weighted by atomic mass is 32.2. The summed E-state index contributed by atoms with van der Waals surface area (Å²) >= 11 is 1.57. The average Bonchev–Trinajstić information content (AvgIpc) is 3.50. The van der Waals surface area contributed by atoms with Gasteiger partial charge in [0.25, 0.3) is 5.91 Å². The first-order valence-corrected chi connectivity index (χ1v) is 13.2. The highest BCUT2D eigenvalue weighted by Gasteiger charge is 2.24. The molecule has 7 heteroatoms. The maximum atomic E-state index is 13.0. The van der Waals surface area contributed by atoms with E-state index in [0.717, 1.165) is 40.2 Å². The number of hydrogen-bond acceptors (Lipinski definition) is 4. The Hall–Kier alpha value is -3.71. The molecule has 1 aromatic heterocycles. The van der Waals surface area contributed by atoms with E-state index in [1.165, 1.54) is 5.56 Å². The Balaban J connectivity index is 1.21. The Kier molecular flexibility index (Phi) is 7.28. The van der Waals surface area contributed by atoms with Gasteiger partial charge in [-0.15, -0.1) is 11.8 Å². The van der Waals surface area contributed by atoms with E-state index in [9.17, 15) is 9.59 Å². The third kappa shape index (κ3) is 5.11. The minimum atomic E-state index is -0.111. The highest BCUT2D eigenvalue weighted by molar-refractivity contribution is 8.00. The van der Waals surface area contributed by atoms with Crippen molar-refractivity contribution in [3.63, 3.8) is 0 Å². The SMILES string of the molecule is CCOc1ccc(C(=O)NCCn2cc(SCC(=O)N3CCc4ccccc43)c3ccccc32)cc1. The van der Waals surface area contributed by atoms with Crippen molar-refractivity contribution in [3.05, 3.63) is 90.1 Å². The van der Waals surface area contributed by atoms with Crippen LogP contribution in [0.15, 0.2) is 83.9 Å². The van der Waals surface area contributed by atoms with E-state index in [-0.39, 0.29) is 11.8 Å². The van der Waals surface area contributed by atoms with Crippen LogP contribution < -0.4 is 15.0 Å². The lowest BCUT2D eigenvalue weighted by Gasteiger charge is -2.16. The molecule has 0 aliphatic carbocycles. The predicted molar refractivity (Wildman–Crippen MR) is 145 cm³/mol. The Morgan fingerprint density at radius 2 is 1.78 bits per heavy atom. The first-order valence-electron chi connectivity index (χ1n) is 12.2. The van der Waals surface area contributed by atoms with Gasteiger partial charge in [-0.1, -0.05) is 36.4 Å². The topological polar surface area (TPSA) is 63.6 Å². The predicted octanol–water partition coefficient (Wildman–Crippen LogP) is 5.15. The smallest absolute Gasteiger partial charge is 0.251 e. The van der Waals surface area contributed by atoms with Crippen molar-refractivity contribution < 1.29 is 14.3 Å². The van der Waals surface area contributed by atoms with Gasteiger partial charge in [-0.05, 0) is 55.3 Å². The number of ether oxygens (including phenoxy) is 1. The van der Waals surface area contributed by atoms with Gasteiger partial charge in [-0.25, -0.2) is 0 Å². The van der Waals surface area contributed by atoms with Gasteiger partial charge in [0.05, 0.1) is 12.4 Å². The molecule has 1 aliphatic heterocycles. The van der Waals surface area contributed by atoms with Crippen LogP contribution in [0.5, 0.6) is 5.75 Å². The van der Waals surface area contributed by atoms with Gasteiger partial charge in [0.1, 0.15) is 5.75 Å². The molecule has 5 rings (SSSR count). The summed E-state index contributed by atoms with van der Waals surface area (Å²) < 4.78 is 7.59. The van der Waals surface area contributed by atoms with Gasteiger partial charge in [0, 0.05) is 52.9 Å². The van der Waals surface area contributed by atoms with Crippen LogP contribution in [0.4, 0.5) is 5.69 Å². The molecule has 0 unspecified atom stereocenters. The minimum absolute atomic E-state index is 0.111. The standard InChI is InChI=1S/C29H29N3O3S/c1-2-35-23-13-11-22(12-14-23)29(34)30-16-18-31-19-27(24-8-4-6-10-26(24)31)36-20-28(33)32-17-15-21-7-3-5-9-25(21)32/h3-14,19H,2,15-18,20H2,1H3,(H,30,34). The molecule has 2 heterocycles. The molecular formula is C29H29N3O3S. The molecular weight excluding hydrogens is 470 g/mol. The van der Waals surface area contributed by atoms with E-state index in [1.807, 2.05) is 54.3 Å². The lowest BCUT2D eigenvalue weighted by atomic mass is 10.2. The summed E-state index contributed by atoms with van der Waals surface area (Å²) in [5.74, 6) is 1.16. The molecule has 4 aromatic rings. The molecule has 2 amide bonds. The van der Waals surface area contributed by atoms with E-state index in [4.69, 9.17) is 4.74 Å². The number of rotatable bonds is 9. The lowest BCUT2D eigenvalue weighted by molar-refractivity contribution is -0.116. The number of hydrogen-bond donors (Lipinski definition) is 1. The van der Waals surface area contributed by atoms with Gasteiger partial charge in [0.15, 0.2) is 0 Å². The Bertz CT molecular complexity index is 1380. The molecule has 6 nitrogen and oxygen atoms in total. The van der Waals surface area contributed by atoms with Crippen LogP contribution in [0.3, 0.4) is 0 Å². The van der Waals surface area contributed by atoms with E-state index in [1.54, 1.807) is 23.9 Å². The van der Waals surface area contributed by atoms with Gasteiger partial charge >= 0.3 is 0 Å². The second kappa shape index (κ2) is 10.9. The van der Waals surface area contributed by atoms with Crippen molar-refractivity contribution in [1.82, 2.24) is 9.88 Å². The third-order valence-electron chi connectivity index (χ3n) is 6.36. The number of aromatic nitrogens is 1. The molecule has 0 saturated carbocycles. The number of carbonyl (C=O) groups is 2. The van der Waals surface area contributed by atoms with Gasteiger partial charge < -0.3 is 19.5 Å². The minimum Gasteiger partial charge on any atom is -0.494 e. The summed E-state index contributed by atoms with van der Waals surface area (Å²) in [6.45, 7) is 4.40. The van der Waals surface area contributed by atoms with E-state index in [2.05, 4.69) is 34.3 Å². The monoisotopic (exact) mass is 499 g/mol. The number of anilines is 1. The van der Waals surface area contributed by atoms with Crippen LogP contribution in [0.1, 0.15) is 22.8 Å². The van der Waals surface area contributed by atoms with Gasteiger partial charge in [-0.3, -0.25) is 9.59 Å². The zero-order chi connectivity index (χ0) is 24.9. The van der Waals surface area contributed by atoms with Crippen molar-refractivity contribution in [2.45, 2.75) is 24.8 Å². The lowest BCUT2D eigenvalue weighted by Crippen LogP contribution is -2.30. The van der Waals surface area contributed by atoms with Crippen LogP contribution >= 0.6 is 11.8 Å². The number of nitrogens with one attached hydrogen (secondary N) is 1. The van der Waals surface area contributed by atoms with E-state index in [0.29, 0.717) is 31.0 Å². The Morgan fingerprint density at radius 3 is 2.61 bits per heavy atom. The largest absolute Gasteiger partial charge is 0.494 e. The Morgan fingerprint density at radius 1 is 1.00 bits per heavy atom. The maximum Gasteiger partial charge on any atom is 0.251 e. The summed E-state index contributed by atoms with van der Waals surface area (Å²) in [7, 11) is 0. The van der Waals surface area contributed by atoms with Gasteiger partial charge in [0.2, 0.25) is 5.91 Å². The van der Waals surface area contributed by atoms with Crippen molar-refractivity contribution in [1.29, 1.82) is 0 Å². The maximum absolute atomic E-state index is 13.0. The van der Waals surface area contributed by atoms with Crippen LogP contribution in [0, 0.1) is 0 Å². The number of carbonyl (C=O) groups excluding carboxylic acids is 2. The van der Waals surface area contributed by atoms with Crippen molar-refractivity contribution in [2.75, 3.05) is 30.3 Å². The molecule has 36 heavy (non-hydrogen) atoms. The molecule has 0 saturated heterocycles. The Labute approximate surface area is 215 Å². The average molecular weight is 500 g/mol. The number of benzene rings is 3. The molecule has 0 bridgehead atoms. The molecule has 3 aromatic carbocycles. The van der Waals surface area contributed by atoms with E-state index >= 15 is 0 Å². The van der Waals surface area contributed by atoms with Crippen molar-refractivity contribution in [2.24, 2.45) is 0 Å². The summed E-state index contributed by atoms with van der Waals surface area (Å²) in [4.78, 5) is 28.5. The fraction of sp³-hybridized carbons (Fsp3) is 0.241. The summed E-state index contributed by atoms with van der Waals surface area (Å²) in [5, 5.41) is 4.12. The number of fused-ring (bicyclic) bond motifs is 2. The van der Waals surface area contributed by atoms with Gasteiger partial charge in [-0.2, -0.15) is 0 Å². The fourth-order valence-electron chi connectivity index (χ4n) is 4.59. The van der Waals surface area contributed by atoms with Crippen molar-refractivity contribution >= 4 is 40.2 Å². The van der Waals surface area contributed by atoms with Crippen molar-refractivity contribution in [3.8, 4) is 5.75 Å². The number of thioether (sulfide) groups is 1. The highest BCUT2D eigenvalue weighted by Crippen LogP contribution is 2.32. The summed E-state index contributed by atoms with van der Waals surface area (Å²) in [6, 6.07) is 23.5. The quantitative estimate of drug-likeness (QED) is 0.324. The number of para-hydroxylation sites is 2. The van der Waals surface area contributed by atoms with Crippen LogP contribution in [0.2, 0.25) is 0 Å². The molecule has 1 aliphatic rings. The van der Waals surface area contributed by atoms with Crippen LogP contribution in [0.25, 0.3) is 10.9 Å². The van der Waals surface area contributed by atoms with E-state index < -0.39 is 0 Å².